The molecule has 0 unspecified atom stereocenters. The summed E-state index contributed by atoms with van der Waals surface area (Å²) in [6.45, 7) is 15.4. The number of nitrogens with one attached hydrogen (secondary N) is 1. The van der Waals surface area contributed by atoms with Crippen molar-refractivity contribution in [3.05, 3.63) is 67.0 Å². The van der Waals surface area contributed by atoms with Crippen molar-refractivity contribution >= 4 is 43.2 Å². The summed E-state index contributed by atoms with van der Waals surface area (Å²) in [6, 6.07) is 16.6. The molecule has 8 nitrogen and oxygen atoms in total. The molecule has 0 bridgehead atoms. The van der Waals surface area contributed by atoms with Crippen LogP contribution in [0.5, 0.6) is 0 Å². The van der Waals surface area contributed by atoms with E-state index in [1.54, 1.807) is 32.6 Å². The van der Waals surface area contributed by atoms with Gasteiger partial charge in [0.1, 0.15) is 0 Å². The second-order valence-corrected chi connectivity index (χ2v) is 11.0. The monoisotopic (exact) mass is 746 g/mol. The number of nitrogens with zero attached hydrogens (tertiary/aromatic N) is 1. The molecule has 39 heavy (non-hydrogen) atoms. The van der Waals surface area contributed by atoms with Gasteiger partial charge in [0.15, 0.2) is 0 Å². The number of amides is 1. The summed E-state index contributed by atoms with van der Waals surface area (Å²) in [6.07, 6.45) is 2.48. The number of nitrogens with two attached hydrogens (primary N) is 2. The van der Waals surface area contributed by atoms with Crippen LogP contribution in [-0.2, 0) is 23.6 Å². The van der Waals surface area contributed by atoms with E-state index in [2.05, 4.69) is 70.8 Å². The van der Waals surface area contributed by atoms with Gasteiger partial charge in [-0.3, -0.25) is 9.78 Å². The molecule has 0 aliphatic heterocycles. The zero-order valence-electron chi connectivity index (χ0n) is 23.6. The minimum absolute atomic E-state index is 0. The molecule has 0 radical (unpaired) electrons. The summed E-state index contributed by atoms with van der Waals surface area (Å²) >= 11 is 1.61. The van der Waals surface area contributed by atoms with E-state index in [-0.39, 0.29) is 30.7 Å². The second-order valence-electron chi connectivity index (χ2n) is 11.0. The Hall–Kier alpha value is -2.25. The van der Waals surface area contributed by atoms with Crippen molar-refractivity contribution < 1.29 is 38.6 Å². The van der Waals surface area contributed by atoms with Gasteiger partial charge in [-0.1, -0.05) is 77.6 Å². The Labute approximate surface area is 250 Å². The normalized spacial score (nSPS) is 10.3. The molecule has 0 aliphatic carbocycles. The van der Waals surface area contributed by atoms with Crippen LogP contribution in [-0.4, -0.2) is 32.8 Å². The Morgan fingerprint density at radius 1 is 0.872 bits per heavy atom. The average Bonchev–Trinajstić information content (AvgIpc) is 2.78. The number of hydrogen-bond acceptors (Lipinski definition) is 3. The molecule has 1 heterocycles. The van der Waals surface area contributed by atoms with Gasteiger partial charge in [0.05, 0.1) is 10.9 Å². The third-order valence-electron chi connectivity index (χ3n) is 5.38. The molecule has 227 valence electrons. The number of para-hydroxylation sites is 1. The minimum Gasteiger partial charge on any atom is -0.693 e. The van der Waals surface area contributed by atoms with E-state index in [1.165, 1.54) is 16.2 Å². The first-order chi connectivity index (χ1) is 16.6. The van der Waals surface area contributed by atoms with Gasteiger partial charge in [-0.2, -0.15) is 0 Å². The quantitative estimate of drug-likeness (QED) is 0.226. The van der Waals surface area contributed by atoms with E-state index >= 15 is 0 Å². The van der Waals surface area contributed by atoms with Crippen LogP contribution in [0, 0.1) is 10.8 Å². The summed E-state index contributed by atoms with van der Waals surface area (Å²) in [5, 5.41) is 23.2. The van der Waals surface area contributed by atoms with Crippen LogP contribution in [0.2, 0.25) is 0 Å². The summed E-state index contributed by atoms with van der Waals surface area (Å²) in [7, 11) is 4.61. The summed E-state index contributed by atoms with van der Waals surface area (Å²) in [5.74, 6) is -0.722. The minimum atomic E-state index is -0.954. The number of carbonyl (C=O) groups is 2. The van der Waals surface area contributed by atoms with Gasteiger partial charge in [0, 0.05) is 22.5 Å². The number of aromatic nitrogens is 1. The van der Waals surface area contributed by atoms with Crippen molar-refractivity contribution in [2.75, 3.05) is 0 Å². The van der Waals surface area contributed by atoms with Crippen molar-refractivity contribution in [1.82, 2.24) is 10.3 Å². The maximum atomic E-state index is 10.4. The first-order valence-electron chi connectivity index (χ1n) is 11.7. The van der Waals surface area contributed by atoms with Gasteiger partial charge in [-0.15, -0.1) is 0 Å². The fourth-order valence-corrected chi connectivity index (χ4v) is 3.62. The SMILES string of the molecule is C.CC(C)(C)CC(C)(C)NC(=O)O.CCC(C)(C)C(=O)O.[Cl][Pt].[NH2-].[NH2-].c1ccc2c(c1)cnc1ccccc12. The van der Waals surface area contributed by atoms with E-state index in [0.717, 1.165) is 11.9 Å². The van der Waals surface area contributed by atoms with Gasteiger partial charge in [-0.05, 0) is 57.4 Å². The van der Waals surface area contributed by atoms with Gasteiger partial charge in [-0.25, -0.2) is 4.79 Å². The number of pyridine rings is 1. The Morgan fingerprint density at radius 3 is 1.74 bits per heavy atom. The zero-order valence-corrected chi connectivity index (χ0v) is 26.6. The maximum absolute atomic E-state index is 10.4. The standard InChI is InChI=1S/C13H9N.C9H19NO2.C6H12O2.CH4.ClH.2H2N.Pt/c1-2-6-11-10(5-1)9-14-13-8-4-3-7-12(11)13;1-8(2,3)6-9(4,5)10-7(11)12;1-4-6(2,3)5(7)8;;;;;/h1-9H;10H,6H2,1-5H3,(H,11,12);4H2,1-3H3,(H,7,8);1H4;1H;2*1H2;/q;;;;;2*-1;+1/p-1. The summed E-state index contributed by atoms with van der Waals surface area (Å²) < 4.78 is 0. The van der Waals surface area contributed by atoms with Crippen molar-refractivity contribution in [2.24, 2.45) is 10.8 Å². The number of hydrogen-bond donors (Lipinski definition) is 3. The molecule has 10 heteroatoms. The van der Waals surface area contributed by atoms with Crippen molar-refractivity contribution in [3.8, 4) is 0 Å². The molecule has 1 amide bonds. The largest absolute Gasteiger partial charge is 0.693 e. The molecule has 0 fully saturated rings. The van der Waals surface area contributed by atoms with Crippen LogP contribution in [0.15, 0.2) is 54.7 Å². The third kappa shape index (κ3) is 17.1. The van der Waals surface area contributed by atoms with E-state index in [0.29, 0.717) is 6.42 Å². The van der Waals surface area contributed by atoms with E-state index in [1.807, 2.05) is 45.2 Å². The second kappa shape index (κ2) is 19.8. The Balaban J connectivity index is -0.000000228. The van der Waals surface area contributed by atoms with Gasteiger partial charge < -0.3 is 27.8 Å². The number of benzene rings is 2. The predicted molar refractivity (Wildman–Crippen MR) is 163 cm³/mol. The van der Waals surface area contributed by atoms with E-state index in [4.69, 9.17) is 10.2 Å². The molecule has 3 rings (SSSR count). The fourth-order valence-electron chi connectivity index (χ4n) is 3.62. The smallest absolute Gasteiger partial charge is 0.0708 e. The molecule has 2 aromatic carbocycles. The van der Waals surface area contributed by atoms with Crippen molar-refractivity contribution in [2.45, 2.75) is 81.2 Å². The number of aliphatic carboxylic acids is 1. The number of rotatable bonds is 4. The van der Waals surface area contributed by atoms with E-state index < -0.39 is 17.5 Å². The predicted octanol–water partition coefficient (Wildman–Crippen LogP) is 10.1. The number of fused-ring (bicyclic) bond motifs is 3. The molecule has 1 aromatic heterocycles. The molecule has 7 N–H and O–H groups in total. The van der Waals surface area contributed by atoms with Crippen LogP contribution in [0.3, 0.4) is 0 Å². The van der Waals surface area contributed by atoms with Crippen LogP contribution in [0.4, 0.5) is 4.79 Å². The molecule has 0 atom stereocenters. The topological polar surface area (TPSA) is 167 Å². The Kier molecular flexibility index (Phi) is 22.2. The van der Waals surface area contributed by atoms with E-state index in [9.17, 15) is 9.59 Å². The summed E-state index contributed by atoms with van der Waals surface area (Å²) in [4.78, 5) is 25.1. The van der Waals surface area contributed by atoms with Crippen molar-refractivity contribution in [3.63, 3.8) is 0 Å². The van der Waals surface area contributed by atoms with Crippen LogP contribution >= 0.6 is 9.42 Å². The Morgan fingerprint density at radius 2 is 1.33 bits per heavy atom. The first-order valence-corrected chi connectivity index (χ1v) is 14.5. The molecule has 0 saturated heterocycles. The number of halogens is 1. The maximum Gasteiger partial charge on any atom is 0.0708 e. The zero-order chi connectivity index (χ0) is 28.2. The first kappa shape index (κ1) is 43.8. The van der Waals surface area contributed by atoms with Gasteiger partial charge >= 0.3 is 40.3 Å². The van der Waals surface area contributed by atoms with Crippen molar-refractivity contribution in [1.29, 1.82) is 0 Å². The van der Waals surface area contributed by atoms with Gasteiger partial charge in [0.25, 0.3) is 0 Å². The van der Waals surface area contributed by atoms with Gasteiger partial charge in [0.2, 0.25) is 0 Å². The molecular formula is C29H48ClN4O4Pt-2. The molecular weight excluding hydrogens is 699 g/mol. The molecule has 0 aliphatic rings. The van der Waals surface area contributed by atoms with Crippen LogP contribution in [0.25, 0.3) is 34.0 Å². The fraction of sp³-hybridized carbons (Fsp3) is 0.483. The average molecular weight is 747 g/mol. The molecule has 0 spiro atoms. The Bertz CT molecular complexity index is 1060. The van der Waals surface area contributed by atoms with Crippen LogP contribution < -0.4 is 5.32 Å². The molecule has 0 saturated carbocycles. The van der Waals surface area contributed by atoms with Crippen LogP contribution in [0.1, 0.15) is 75.7 Å². The molecule has 3 aromatic rings. The number of carboxylic acids is 1. The summed E-state index contributed by atoms with van der Waals surface area (Å²) in [5.41, 5.74) is 0.321. The number of carboxylic acid groups (broad SMARTS) is 2. The third-order valence-corrected chi connectivity index (χ3v) is 5.38.